The van der Waals surface area contributed by atoms with Crippen molar-refractivity contribution in [3.05, 3.63) is 58.9 Å². The van der Waals surface area contributed by atoms with E-state index in [9.17, 15) is 13.2 Å². The number of nitrogens with one attached hydrogen (secondary N) is 1. The maximum atomic E-state index is 14.0. The van der Waals surface area contributed by atoms with Crippen LogP contribution in [0.1, 0.15) is 24.5 Å². The van der Waals surface area contributed by atoms with Crippen LogP contribution < -0.4 is 5.32 Å². The Morgan fingerprint density at radius 2 is 1.76 bits per heavy atom. The molecule has 21 heavy (non-hydrogen) atoms. The van der Waals surface area contributed by atoms with Gasteiger partial charge in [0.05, 0.1) is 0 Å². The summed E-state index contributed by atoms with van der Waals surface area (Å²) in [4.78, 5) is 0. The molecule has 0 aliphatic carbocycles. The van der Waals surface area contributed by atoms with Crippen LogP contribution in [0.3, 0.4) is 0 Å². The van der Waals surface area contributed by atoms with Crippen molar-refractivity contribution in [2.75, 3.05) is 6.54 Å². The Bertz CT molecular complexity index is 638. The minimum Gasteiger partial charge on any atom is -0.313 e. The predicted molar refractivity (Wildman–Crippen MR) is 78.5 cm³/mol. The van der Waals surface area contributed by atoms with Crippen LogP contribution in [-0.2, 0) is 6.54 Å². The lowest BCUT2D eigenvalue weighted by Gasteiger charge is -2.09. The second-order valence-electron chi connectivity index (χ2n) is 5.04. The molecule has 2 aromatic rings. The fraction of sp³-hybridized carbons (Fsp3) is 0.294. The molecule has 0 heterocycles. The predicted octanol–water partition coefficient (Wildman–Crippen LogP) is 4.58. The highest BCUT2D eigenvalue weighted by atomic mass is 19.2. The monoisotopic (exact) mass is 293 g/mol. The summed E-state index contributed by atoms with van der Waals surface area (Å²) >= 11 is 0. The van der Waals surface area contributed by atoms with E-state index in [0.717, 1.165) is 13.0 Å². The van der Waals surface area contributed by atoms with Crippen LogP contribution in [-0.4, -0.2) is 6.54 Å². The number of halogens is 3. The van der Waals surface area contributed by atoms with Gasteiger partial charge in [-0.15, -0.1) is 0 Å². The van der Waals surface area contributed by atoms with Crippen molar-refractivity contribution in [3.63, 3.8) is 0 Å². The van der Waals surface area contributed by atoms with Gasteiger partial charge in [0, 0.05) is 17.7 Å². The van der Waals surface area contributed by atoms with Gasteiger partial charge in [0.1, 0.15) is 5.82 Å². The smallest absolute Gasteiger partial charge is 0.166 e. The van der Waals surface area contributed by atoms with Crippen molar-refractivity contribution >= 4 is 0 Å². The second-order valence-corrected chi connectivity index (χ2v) is 5.04. The van der Waals surface area contributed by atoms with E-state index in [4.69, 9.17) is 0 Å². The van der Waals surface area contributed by atoms with Gasteiger partial charge in [-0.05, 0) is 37.1 Å². The summed E-state index contributed by atoms with van der Waals surface area (Å²) in [5.74, 6) is -2.25. The minimum absolute atomic E-state index is 0.0741. The van der Waals surface area contributed by atoms with E-state index in [1.54, 1.807) is 12.1 Å². The lowest BCUT2D eigenvalue weighted by molar-refractivity contribution is 0.505. The fourth-order valence-electron chi connectivity index (χ4n) is 2.13. The number of hydrogen-bond acceptors (Lipinski definition) is 1. The third-order valence-corrected chi connectivity index (χ3v) is 3.38. The van der Waals surface area contributed by atoms with Gasteiger partial charge in [0.25, 0.3) is 0 Å². The molecule has 0 amide bonds. The van der Waals surface area contributed by atoms with Gasteiger partial charge in [-0.1, -0.05) is 31.2 Å². The molecular formula is C17H18F3N. The van der Waals surface area contributed by atoms with Crippen LogP contribution in [0.15, 0.2) is 30.3 Å². The first-order chi connectivity index (χ1) is 10.0. The third-order valence-electron chi connectivity index (χ3n) is 3.38. The van der Waals surface area contributed by atoms with Crippen LogP contribution >= 0.6 is 0 Å². The summed E-state index contributed by atoms with van der Waals surface area (Å²) in [6, 6.07) is 7.42. The van der Waals surface area contributed by atoms with Crippen LogP contribution in [0.5, 0.6) is 0 Å². The number of benzene rings is 2. The van der Waals surface area contributed by atoms with Gasteiger partial charge >= 0.3 is 0 Å². The molecule has 112 valence electrons. The highest BCUT2D eigenvalue weighted by Gasteiger charge is 2.14. The Morgan fingerprint density at radius 3 is 2.43 bits per heavy atom. The topological polar surface area (TPSA) is 12.0 Å². The van der Waals surface area contributed by atoms with E-state index < -0.39 is 17.5 Å². The first-order valence-corrected chi connectivity index (χ1v) is 6.98. The van der Waals surface area contributed by atoms with Crippen molar-refractivity contribution < 1.29 is 13.2 Å². The van der Waals surface area contributed by atoms with Crippen LogP contribution in [0.2, 0.25) is 0 Å². The van der Waals surface area contributed by atoms with Crippen LogP contribution in [0.4, 0.5) is 13.2 Å². The highest BCUT2D eigenvalue weighted by Crippen LogP contribution is 2.27. The van der Waals surface area contributed by atoms with Crippen LogP contribution in [0.25, 0.3) is 11.1 Å². The van der Waals surface area contributed by atoms with E-state index in [0.29, 0.717) is 17.7 Å². The zero-order chi connectivity index (χ0) is 15.4. The second kappa shape index (κ2) is 6.76. The Hall–Kier alpha value is -1.81. The molecule has 0 fully saturated rings. The molecule has 1 nitrogen and oxygen atoms in total. The molecule has 2 rings (SSSR count). The van der Waals surface area contributed by atoms with Gasteiger partial charge in [0.2, 0.25) is 0 Å². The van der Waals surface area contributed by atoms with Gasteiger partial charge in [-0.2, -0.15) is 0 Å². The van der Waals surface area contributed by atoms with E-state index in [2.05, 4.69) is 5.32 Å². The first-order valence-electron chi connectivity index (χ1n) is 6.98. The summed E-state index contributed by atoms with van der Waals surface area (Å²) in [7, 11) is 0. The highest BCUT2D eigenvalue weighted by molar-refractivity contribution is 5.65. The molecule has 0 saturated heterocycles. The third kappa shape index (κ3) is 3.45. The summed E-state index contributed by atoms with van der Waals surface area (Å²) in [6.45, 7) is 4.75. The Labute approximate surface area is 122 Å². The van der Waals surface area contributed by atoms with Gasteiger partial charge in [-0.25, -0.2) is 13.2 Å². The van der Waals surface area contributed by atoms with E-state index in [1.807, 2.05) is 6.92 Å². The van der Waals surface area contributed by atoms with Gasteiger partial charge < -0.3 is 5.32 Å². The molecule has 0 atom stereocenters. The summed E-state index contributed by atoms with van der Waals surface area (Å²) < 4.78 is 41.5. The van der Waals surface area contributed by atoms with Gasteiger partial charge in [0.15, 0.2) is 11.6 Å². The first kappa shape index (κ1) is 15.6. The summed E-state index contributed by atoms with van der Waals surface area (Å²) in [5.41, 5.74) is 1.16. The normalized spacial score (nSPS) is 10.9. The maximum absolute atomic E-state index is 14.0. The zero-order valence-electron chi connectivity index (χ0n) is 12.1. The fourth-order valence-corrected chi connectivity index (χ4v) is 2.13. The molecule has 0 spiro atoms. The SMILES string of the molecule is CCCNCc1ccc(-c2ccc(C)c(F)c2F)cc1F. The Balaban J connectivity index is 2.30. The Kier molecular flexibility index (Phi) is 5.02. The molecule has 4 heteroatoms. The van der Waals surface area contributed by atoms with Crippen molar-refractivity contribution in [3.8, 4) is 11.1 Å². The summed E-state index contributed by atoms with van der Waals surface area (Å²) in [6.07, 6.45) is 0.966. The molecule has 0 aliphatic rings. The van der Waals surface area contributed by atoms with E-state index in [-0.39, 0.29) is 11.1 Å². The molecule has 1 N–H and O–H groups in total. The molecule has 0 aromatic heterocycles. The molecule has 0 unspecified atom stereocenters. The standard InChI is InChI=1S/C17H18F3N/c1-3-8-21-10-13-6-5-12(9-15(13)18)14-7-4-11(2)16(19)17(14)20/h4-7,9,21H,3,8,10H2,1-2H3. The number of hydrogen-bond donors (Lipinski definition) is 1. The average molecular weight is 293 g/mol. The van der Waals surface area contributed by atoms with Crippen molar-refractivity contribution in [2.45, 2.75) is 26.8 Å². The largest absolute Gasteiger partial charge is 0.313 e. The lowest BCUT2D eigenvalue weighted by Crippen LogP contribution is -2.14. The quantitative estimate of drug-likeness (QED) is 0.796. The van der Waals surface area contributed by atoms with Gasteiger partial charge in [-0.3, -0.25) is 0 Å². The van der Waals surface area contributed by atoms with Crippen molar-refractivity contribution in [1.29, 1.82) is 0 Å². The summed E-state index contributed by atoms with van der Waals surface area (Å²) in [5, 5.41) is 3.11. The molecule has 2 aromatic carbocycles. The molecule has 0 saturated carbocycles. The Morgan fingerprint density at radius 1 is 1.00 bits per heavy atom. The zero-order valence-corrected chi connectivity index (χ0v) is 12.1. The molecular weight excluding hydrogens is 275 g/mol. The maximum Gasteiger partial charge on any atom is 0.166 e. The van der Waals surface area contributed by atoms with E-state index in [1.165, 1.54) is 25.1 Å². The number of rotatable bonds is 5. The van der Waals surface area contributed by atoms with E-state index >= 15 is 0 Å². The molecule has 0 aliphatic heterocycles. The molecule has 0 bridgehead atoms. The average Bonchev–Trinajstić information content (AvgIpc) is 2.47. The molecule has 0 radical (unpaired) electrons. The minimum atomic E-state index is -0.939. The lowest BCUT2D eigenvalue weighted by atomic mass is 10.0. The number of aryl methyl sites for hydroxylation is 1. The van der Waals surface area contributed by atoms with Crippen molar-refractivity contribution in [2.24, 2.45) is 0 Å². The van der Waals surface area contributed by atoms with Crippen LogP contribution in [0, 0.1) is 24.4 Å². The van der Waals surface area contributed by atoms with Crippen molar-refractivity contribution in [1.82, 2.24) is 5.32 Å².